The molecule has 0 amide bonds. The topological polar surface area (TPSA) is 71.1 Å². The number of carbonyl (C=O) groups is 2. The number of carbonyl (C=O) groups excluding carboxylic acids is 2. The predicted molar refractivity (Wildman–Crippen MR) is 106 cm³/mol. The third-order valence-electron chi connectivity index (χ3n) is 3.22. The third kappa shape index (κ3) is 7.31. The average Bonchev–Trinajstić information content (AvgIpc) is 2.52. The Balaban J connectivity index is 1.98. The summed E-state index contributed by atoms with van der Waals surface area (Å²) in [6, 6.07) is 14.0. The monoisotopic (exact) mass is 386 g/mol. The number of benzene rings is 2. The van der Waals surface area contributed by atoms with Crippen LogP contribution < -0.4 is 9.47 Å². The van der Waals surface area contributed by atoms with Gasteiger partial charge in [0, 0.05) is 0 Å². The number of hydrogen-bond acceptors (Lipinski definition) is 6. The summed E-state index contributed by atoms with van der Waals surface area (Å²) in [5.74, 6) is 0.783. The molecule has 0 saturated carbocycles. The maximum absolute atomic E-state index is 11.7. The normalized spacial score (nSPS) is 11.5. The van der Waals surface area contributed by atoms with Gasteiger partial charge in [-0.3, -0.25) is 0 Å². The highest BCUT2D eigenvalue weighted by Gasteiger charge is 2.19. The van der Waals surface area contributed by atoms with Crippen LogP contribution in [0, 0.1) is 0 Å². The molecule has 0 N–H and O–H groups in total. The minimum absolute atomic E-state index is 0.392. The Hall–Kier alpha value is -3.02. The molecule has 0 radical (unpaired) electrons. The molecule has 0 aromatic heterocycles. The lowest BCUT2D eigenvalue weighted by atomic mass is 10.1. The molecule has 2 aromatic carbocycles. The predicted octanol–water partition coefficient (Wildman–Crippen LogP) is 5.98. The zero-order valence-corrected chi connectivity index (χ0v) is 17.1. The molecule has 28 heavy (non-hydrogen) atoms. The van der Waals surface area contributed by atoms with E-state index in [0.29, 0.717) is 11.5 Å². The van der Waals surface area contributed by atoms with Crippen LogP contribution in [-0.4, -0.2) is 23.5 Å². The molecule has 2 rings (SSSR count). The molecular weight excluding hydrogens is 360 g/mol. The van der Waals surface area contributed by atoms with Crippen molar-refractivity contribution in [3.8, 4) is 22.6 Å². The first kappa shape index (κ1) is 21.3. The van der Waals surface area contributed by atoms with Crippen molar-refractivity contribution in [2.45, 2.75) is 52.7 Å². The molecule has 2 aromatic rings. The molecule has 0 aliphatic heterocycles. The second-order valence-corrected chi connectivity index (χ2v) is 8.18. The van der Waals surface area contributed by atoms with Crippen LogP contribution >= 0.6 is 0 Å². The summed E-state index contributed by atoms with van der Waals surface area (Å²) in [6.07, 6.45) is -1.49. The second-order valence-electron chi connectivity index (χ2n) is 8.18. The van der Waals surface area contributed by atoms with Gasteiger partial charge >= 0.3 is 12.3 Å². The molecule has 0 aliphatic carbocycles. The Kier molecular flexibility index (Phi) is 6.33. The molecule has 6 nitrogen and oxygen atoms in total. The first-order valence-corrected chi connectivity index (χ1v) is 8.93. The van der Waals surface area contributed by atoms with Crippen molar-refractivity contribution in [1.82, 2.24) is 0 Å². The van der Waals surface area contributed by atoms with Crippen LogP contribution in [0.5, 0.6) is 11.5 Å². The maximum atomic E-state index is 11.7. The zero-order valence-electron chi connectivity index (χ0n) is 17.1. The van der Waals surface area contributed by atoms with Crippen molar-refractivity contribution in [1.29, 1.82) is 0 Å². The molecular formula is C22H26O6. The molecule has 0 unspecified atom stereocenters. The van der Waals surface area contributed by atoms with E-state index in [9.17, 15) is 9.59 Å². The summed E-state index contributed by atoms with van der Waals surface area (Å²) in [5, 5.41) is 0. The van der Waals surface area contributed by atoms with Crippen molar-refractivity contribution in [3.63, 3.8) is 0 Å². The van der Waals surface area contributed by atoms with Crippen molar-refractivity contribution < 1.29 is 28.5 Å². The number of hydrogen-bond donors (Lipinski definition) is 0. The first-order valence-electron chi connectivity index (χ1n) is 8.93. The minimum Gasteiger partial charge on any atom is -0.428 e. The average molecular weight is 386 g/mol. The van der Waals surface area contributed by atoms with E-state index in [-0.39, 0.29) is 0 Å². The van der Waals surface area contributed by atoms with Crippen molar-refractivity contribution >= 4 is 12.3 Å². The molecule has 6 heteroatoms. The van der Waals surface area contributed by atoms with Crippen LogP contribution in [0.2, 0.25) is 0 Å². The van der Waals surface area contributed by atoms with E-state index in [1.165, 1.54) is 0 Å². The van der Waals surface area contributed by atoms with Crippen molar-refractivity contribution in [2.75, 3.05) is 0 Å². The Labute approximate surface area is 165 Å². The quantitative estimate of drug-likeness (QED) is 0.477. The van der Waals surface area contributed by atoms with Crippen LogP contribution in [0.3, 0.4) is 0 Å². The molecule has 0 aliphatic rings. The smallest absolute Gasteiger partial charge is 0.428 e. The fourth-order valence-electron chi connectivity index (χ4n) is 2.16. The van der Waals surface area contributed by atoms with E-state index >= 15 is 0 Å². The van der Waals surface area contributed by atoms with Crippen LogP contribution in [0.15, 0.2) is 48.5 Å². The van der Waals surface area contributed by atoms with Crippen molar-refractivity contribution in [2.24, 2.45) is 0 Å². The Morgan fingerprint density at radius 1 is 0.571 bits per heavy atom. The van der Waals surface area contributed by atoms with Gasteiger partial charge in [0.15, 0.2) is 0 Å². The Morgan fingerprint density at radius 2 is 0.857 bits per heavy atom. The summed E-state index contributed by atoms with van der Waals surface area (Å²) < 4.78 is 20.5. The summed E-state index contributed by atoms with van der Waals surface area (Å²) >= 11 is 0. The number of ether oxygens (including phenoxy) is 4. The molecule has 0 bridgehead atoms. The van der Waals surface area contributed by atoms with Gasteiger partial charge in [0.25, 0.3) is 0 Å². The van der Waals surface area contributed by atoms with Crippen LogP contribution in [0.1, 0.15) is 41.5 Å². The second kappa shape index (κ2) is 8.33. The van der Waals surface area contributed by atoms with Gasteiger partial charge in [0.05, 0.1) is 0 Å². The lowest BCUT2D eigenvalue weighted by Crippen LogP contribution is -2.26. The van der Waals surface area contributed by atoms with Gasteiger partial charge in [-0.25, -0.2) is 9.59 Å². The molecule has 150 valence electrons. The van der Waals surface area contributed by atoms with Gasteiger partial charge in [-0.1, -0.05) is 24.3 Å². The first-order chi connectivity index (χ1) is 12.9. The van der Waals surface area contributed by atoms with Gasteiger partial charge in [0.1, 0.15) is 22.7 Å². The van der Waals surface area contributed by atoms with E-state index in [1.54, 1.807) is 65.8 Å². The van der Waals surface area contributed by atoms with Gasteiger partial charge < -0.3 is 18.9 Å². The molecule has 0 spiro atoms. The van der Waals surface area contributed by atoms with E-state index in [4.69, 9.17) is 18.9 Å². The summed E-state index contributed by atoms with van der Waals surface area (Å²) in [4.78, 5) is 23.4. The summed E-state index contributed by atoms with van der Waals surface area (Å²) in [7, 11) is 0. The summed E-state index contributed by atoms with van der Waals surface area (Å²) in [6.45, 7) is 10.6. The van der Waals surface area contributed by atoms with E-state index in [1.807, 2.05) is 24.3 Å². The van der Waals surface area contributed by atoms with Crippen LogP contribution in [0.4, 0.5) is 9.59 Å². The number of rotatable bonds is 3. The fraction of sp³-hybridized carbons (Fsp3) is 0.364. The molecule has 0 heterocycles. The van der Waals surface area contributed by atoms with Gasteiger partial charge in [-0.05, 0) is 76.9 Å². The standard InChI is InChI=1S/C22H26O6/c1-21(2,3)27-19(23)25-17-11-7-15(8-12-17)16-9-13-18(14-10-16)26-20(24)28-22(4,5)6/h7-14H,1-6H3. The van der Waals surface area contributed by atoms with Crippen LogP contribution in [-0.2, 0) is 9.47 Å². The minimum atomic E-state index is -0.746. The van der Waals surface area contributed by atoms with Crippen LogP contribution in [0.25, 0.3) is 11.1 Å². The SMILES string of the molecule is CC(C)(C)OC(=O)Oc1ccc(-c2ccc(OC(=O)OC(C)(C)C)cc2)cc1. The highest BCUT2D eigenvalue weighted by Crippen LogP contribution is 2.25. The lowest BCUT2D eigenvalue weighted by Gasteiger charge is -2.18. The summed E-state index contributed by atoms with van der Waals surface area (Å²) in [5.41, 5.74) is 0.612. The Bertz CT molecular complexity index is 737. The van der Waals surface area contributed by atoms with Gasteiger partial charge in [0.2, 0.25) is 0 Å². The Morgan fingerprint density at radius 3 is 1.11 bits per heavy atom. The van der Waals surface area contributed by atoms with E-state index < -0.39 is 23.5 Å². The molecule has 0 fully saturated rings. The highest BCUT2D eigenvalue weighted by molar-refractivity contribution is 5.69. The highest BCUT2D eigenvalue weighted by atomic mass is 16.7. The van der Waals surface area contributed by atoms with Gasteiger partial charge in [-0.2, -0.15) is 0 Å². The van der Waals surface area contributed by atoms with Crippen molar-refractivity contribution in [3.05, 3.63) is 48.5 Å². The lowest BCUT2D eigenvalue weighted by molar-refractivity contribution is 0.0193. The molecule has 0 saturated heterocycles. The third-order valence-corrected chi connectivity index (χ3v) is 3.22. The maximum Gasteiger partial charge on any atom is 0.514 e. The molecule has 0 atom stereocenters. The van der Waals surface area contributed by atoms with E-state index in [0.717, 1.165) is 11.1 Å². The zero-order chi connectivity index (χ0) is 20.9. The van der Waals surface area contributed by atoms with E-state index in [2.05, 4.69) is 0 Å². The van der Waals surface area contributed by atoms with Gasteiger partial charge in [-0.15, -0.1) is 0 Å². The fourth-order valence-corrected chi connectivity index (χ4v) is 2.16. The largest absolute Gasteiger partial charge is 0.514 e.